The molecule has 0 spiro atoms. The van der Waals surface area contributed by atoms with E-state index in [1.807, 2.05) is 24.3 Å². The van der Waals surface area contributed by atoms with Gasteiger partial charge in [-0.15, -0.1) is 0 Å². The number of ether oxygens (including phenoxy) is 1. The number of rotatable bonds is 5. The van der Waals surface area contributed by atoms with Crippen LogP contribution in [0.5, 0.6) is 5.75 Å². The molecule has 0 saturated carbocycles. The summed E-state index contributed by atoms with van der Waals surface area (Å²) in [5.74, 6) is -3.07. The second-order valence-corrected chi connectivity index (χ2v) is 9.98. The molecule has 9 nitrogen and oxygen atoms in total. The molecule has 2 unspecified atom stereocenters. The number of piperazine rings is 1. The minimum atomic E-state index is -4.71. The molecule has 208 valence electrons. The third kappa shape index (κ3) is 5.57. The standard InChI is InChI=1S/C27H30F3N5O4/c1-17(36)33-9-11-34(12-10-33)26(38)18-6-4-7-20(13-18)39-16-23-21-8-3-2-5-19(21)15-35(23)22-14-31-32-25(37)24(22)27(28,29)30/h2-8,13,22-24,31H,9-12,14-16H2,1H3,(H,32,37)/t22?,23-,24?/m1/s1. The first kappa shape index (κ1) is 26.9. The smallest absolute Gasteiger partial charge is 0.402 e. The fraction of sp³-hybridized carbons (Fsp3) is 0.444. The topological polar surface area (TPSA) is 94.2 Å². The Morgan fingerprint density at radius 3 is 2.46 bits per heavy atom. The SMILES string of the molecule is CC(=O)N1CCN(C(=O)c2cccc(OC[C@@H]3c4ccccc4CN3C3CNNC(=O)C3C(F)(F)F)c2)CC1. The minimum absolute atomic E-state index is 0.0220. The highest BCUT2D eigenvalue weighted by Crippen LogP contribution is 2.41. The lowest BCUT2D eigenvalue weighted by Gasteiger charge is -2.40. The Bertz CT molecular complexity index is 1250. The van der Waals surface area contributed by atoms with Gasteiger partial charge in [-0.25, -0.2) is 5.43 Å². The molecular weight excluding hydrogens is 515 g/mol. The van der Waals surface area contributed by atoms with Gasteiger partial charge in [0.05, 0.1) is 6.04 Å². The van der Waals surface area contributed by atoms with Crippen LogP contribution in [0.15, 0.2) is 48.5 Å². The van der Waals surface area contributed by atoms with Gasteiger partial charge in [-0.2, -0.15) is 13.2 Å². The molecule has 5 rings (SSSR count). The number of hydrazine groups is 1. The summed E-state index contributed by atoms with van der Waals surface area (Å²) >= 11 is 0. The van der Waals surface area contributed by atoms with Crippen LogP contribution in [0, 0.1) is 5.92 Å². The van der Waals surface area contributed by atoms with Gasteiger partial charge < -0.3 is 14.5 Å². The number of benzene rings is 2. The summed E-state index contributed by atoms with van der Waals surface area (Å²) in [5.41, 5.74) is 6.87. The van der Waals surface area contributed by atoms with E-state index >= 15 is 0 Å². The molecule has 3 aliphatic rings. The number of alkyl halides is 3. The summed E-state index contributed by atoms with van der Waals surface area (Å²) in [6, 6.07) is 12.4. The molecule has 39 heavy (non-hydrogen) atoms. The lowest BCUT2D eigenvalue weighted by Crippen LogP contribution is -2.64. The van der Waals surface area contributed by atoms with Crippen LogP contribution < -0.4 is 15.6 Å². The van der Waals surface area contributed by atoms with Crippen molar-refractivity contribution in [2.24, 2.45) is 5.92 Å². The number of amides is 3. The molecule has 0 aromatic heterocycles. The van der Waals surface area contributed by atoms with E-state index in [1.165, 1.54) is 6.92 Å². The Hall–Kier alpha value is -3.64. The number of nitrogens with one attached hydrogen (secondary N) is 2. The van der Waals surface area contributed by atoms with E-state index in [0.29, 0.717) is 37.5 Å². The summed E-state index contributed by atoms with van der Waals surface area (Å²) in [5, 5.41) is 0. The van der Waals surface area contributed by atoms with Crippen molar-refractivity contribution in [3.05, 3.63) is 65.2 Å². The average molecular weight is 546 g/mol. The maximum atomic E-state index is 13.9. The van der Waals surface area contributed by atoms with Gasteiger partial charge in [0.2, 0.25) is 11.8 Å². The Morgan fingerprint density at radius 2 is 1.74 bits per heavy atom. The molecule has 0 radical (unpaired) electrons. The molecule has 3 atom stereocenters. The lowest BCUT2D eigenvalue weighted by molar-refractivity contribution is -0.202. The number of fused-ring (bicyclic) bond motifs is 1. The van der Waals surface area contributed by atoms with Gasteiger partial charge >= 0.3 is 6.18 Å². The quantitative estimate of drug-likeness (QED) is 0.598. The molecule has 0 bridgehead atoms. The largest absolute Gasteiger partial charge is 0.492 e. The number of hydrogen-bond acceptors (Lipinski definition) is 6. The molecule has 0 aliphatic carbocycles. The highest BCUT2D eigenvalue weighted by Gasteiger charge is 2.55. The van der Waals surface area contributed by atoms with Crippen molar-refractivity contribution in [2.45, 2.75) is 31.7 Å². The summed E-state index contributed by atoms with van der Waals surface area (Å²) in [6.07, 6.45) is -4.71. The summed E-state index contributed by atoms with van der Waals surface area (Å²) in [7, 11) is 0. The van der Waals surface area contributed by atoms with Crippen LogP contribution in [0.4, 0.5) is 13.2 Å². The zero-order valence-electron chi connectivity index (χ0n) is 21.4. The van der Waals surface area contributed by atoms with Crippen molar-refractivity contribution in [1.82, 2.24) is 25.6 Å². The minimum Gasteiger partial charge on any atom is -0.492 e. The van der Waals surface area contributed by atoms with E-state index in [0.717, 1.165) is 11.1 Å². The predicted molar refractivity (Wildman–Crippen MR) is 134 cm³/mol. The molecule has 3 heterocycles. The zero-order valence-corrected chi connectivity index (χ0v) is 21.4. The van der Waals surface area contributed by atoms with E-state index in [9.17, 15) is 27.6 Å². The Balaban J connectivity index is 1.32. The first-order valence-electron chi connectivity index (χ1n) is 12.8. The van der Waals surface area contributed by atoms with E-state index in [4.69, 9.17) is 4.74 Å². The fourth-order valence-electron chi connectivity index (χ4n) is 5.61. The van der Waals surface area contributed by atoms with E-state index < -0.39 is 30.1 Å². The van der Waals surface area contributed by atoms with Crippen LogP contribution in [-0.4, -0.2) is 84.0 Å². The first-order chi connectivity index (χ1) is 18.6. The van der Waals surface area contributed by atoms with Crippen LogP contribution in [0.1, 0.15) is 34.5 Å². The second kappa shape index (κ2) is 10.9. The number of halogens is 3. The van der Waals surface area contributed by atoms with Gasteiger partial charge in [-0.3, -0.25) is 24.7 Å². The molecule has 2 fully saturated rings. The highest BCUT2D eigenvalue weighted by atomic mass is 19.4. The second-order valence-electron chi connectivity index (χ2n) is 9.98. The summed E-state index contributed by atoms with van der Waals surface area (Å²) in [6.45, 7) is 3.53. The maximum Gasteiger partial charge on any atom is 0.402 e. The summed E-state index contributed by atoms with van der Waals surface area (Å²) in [4.78, 5) is 42.0. The van der Waals surface area contributed by atoms with Crippen molar-refractivity contribution in [2.75, 3.05) is 39.3 Å². The van der Waals surface area contributed by atoms with Gasteiger partial charge in [-0.1, -0.05) is 30.3 Å². The maximum absolute atomic E-state index is 13.9. The van der Waals surface area contributed by atoms with E-state index in [2.05, 4.69) is 10.9 Å². The first-order valence-corrected chi connectivity index (χ1v) is 12.8. The third-order valence-electron chi connectivity index (χ3n) is 7.64. The van der Waals surface area contributed by atoms with Crippen LogP contribution >= 0.6 is 0 Å². The number of nitrogens with zero attached hydrogens (tertiary/aromatic N) is 3. The van der Waals surface area contributed by atoms with Crippen molar-refractivity contribution >= 4 is 17.7 Å². The number of hydrogen-bond donors (Lipinski definition) is 2. The molecule has 2 aromatic rings. The van der Waals surface area contributed by atoms with Crippen molar-refractivity contribution < 1.29 is 32.3 Å². The van der Waals surface area contributed by atoms with Crippen molar-refractivity contribution in [3.8, 4) is 5.75 Å². The van der Waals surface area contributed by atoms with Gasteiger partial charge in [0.1, 0.15) is 12.4 Å². The van der Waals surface area contributed by atoms with Gasteiger partial charge in [-0.05, 0) is 29.3 Å². The van der Waals surface area contributed by atoms with Gasteiger partial charge in [0.15, 0.2) is 5.92 Å². The van der Waals surface area contributed by atoms with E-state index in [-0.39, 0.29) is 31.5 Å². The Kier molecular flexibility index (Phi) is 7.50. The Morgan fingerprint density at radius 1 is 1.03 bits per heavy atom. The Labute approximate surface area is 223 Å². The molecule has 2 saturated heterocycles. The number of carbonyl (C=O) groups is 3. The zero-order chi connectivity index (χ0) is 27.7. The van der Waals surface area contributed by atoms with Crippen LogP contribution in [0.25, 0.3) is 0 Å². The normalized spacial score (nSPS) is 23.8. The number of carbonyl (C=O) groups excluding carboxylic acids is 3. The fourth-order valence-corrected chi connectivity index (χ4v) is 5.61. The third-order valence-corrected chi connectivity index (χ3v) is 7.64. The molecule has 2 aromatic carbocycles. The molecule has 12 heteroatoms. The van der Waals surface area contributed by atoms with Crippen molar-refractivity contribution in [3.63, 3.8) is 0 Å². The van der Waals surface area contributed by atoms with E-state index in [1.54, 1.807) is 39.0 Å². The monoisotopic (exact) mass is 545 g/mol. The van der Waals surface area contributed by atoms with Gasteiger partial charge in [0.25, 0.3) is 5.91 Å². The van der Waals surface area contributed by atoms with Crippen molar-refractivity contribution in [1.29, 1.82) is 0 Å². The predicted octanol–water partition coefficient (Wildman–Crippen LogP) is 2.11. The van der Waals surface area contributed by atoms with Crippen LogP contribution in [0.2, 0.25) is 0 Å². The molecule has 3 aliphatic heterocycles. The van der Waals surface area contributed by atoms with Crippen LogP contribution in [-0.2, 0) is 16.1 Å². The molecule has 3 amide bonds. The lowest BCUT2D eigenvalue weighted by atomic mass is 9.94. The molecule has 2 N–H and O–H groups in total. The van der Waals surface area contributed by atoms with Crippen LogP contribution in [0.3, 0.4) is 0 Å². The van der Waals surface area contributed by atoms with Gasteiger partial charge in [0, 0.05) is 57.8 Å². The highest BCUT2D eigenvalue weighted by molar-refractivity contribution is 5.94. The molecular formula is C27H30F3N5O4. The summed E-state index contributed by atoms with van der Waals surface area (Å²) < 4.78 is 47.9. The average Bonchev–Trinajstić information content (AvgIpc) is 3.29.